The topological polar surface area (TPSA) is 78.1 Å². The van der Waals surface area contributed by atoms with E-state index in [0.29, 0.717) is 36.4 Å². The van der Waals surface area contributed by atoms with Crippen molar-refractivity contribution >= 4 is 29.9 Å². The molecule has 0 heterocycles. The van der Waals surface area contributed by atoms with E-state index in [1.165, 1.54) is 0 Å². The molecular weight excluding hydrogens is 409 g/mol. The van der Waals surface area contributed by atoms with Crippen LogP contribution in [0.4, 0.5) is 0 Å². The summed E-state index contributed by atoms with van der Waals surface area (Å²) in [5, 5.41) is 3.08. The number of methoxy groups -OCH3 is 2. The maximum Gasteiger partial charge on any atom is 0.188 e. The summed E-state index contributed by atoms with van der Waals surface area (Å²) < 4.78 is 16.1. The SMILES string of the molecule is CCCCNC(N)=NCCCOc1cc(OC)cc(OC)c1.I. The first-order valence-corrected chi connectivity index (χ1v) is 7.59. The molecule has 6 nitrogen and oxygen atoms in total. The number of nitrogens with zero attached hydrogens (tertiary/aromatic N) is 1. The molecule has 0 aliphatic heterocycles. The number of halogens is 1. The molecule has 0 saturated carbocycles. The third-order valence-corrected chi connectivity index (χ3v) is 3.01. The van der Waals surface area contributed by atoms with Crippen molar-refractivity contribution in [2.45, 2.75) is 26.2 Å². The number of rotatable bonds is 10. The van der Waals surface area contributed by atoms with Crippen molar-refractivity contribution in [2.75, 3.05) is 33.9 Å². The molecule has 0 aliphatic carbocycles. The summed E-state index contributed by atoms with van der Waals surface area (Å²) >= 11 is 0. The van der Waals surface area contributed by atoms with E-state index in [2.05, 4.69) is 17.2 Å². The second-order valence-electron chi connectivity index (χ2n) is 4.80. The molecule has 1 rings (SSSR count). The molecule has 0 spiro atoms. The van der Waals surface area contributed by atoms with E-state index in [1.807, 2.05) is 12.1 Å². The Kier molecular flexibility index (Phi) is 12.3. The maximum atomic E-state index is 5.75. The molecule has 0 fully saturated rings. The van der Waals surface area contributed by atoms with Crippen molar-refractivity contribution < 1.29 is 14.2 Å². The molecule has 1 aromatic carbocycles. The molecule has 23 heavy (non-hydrogen) atoms. The molecule has 0 aliphatic rings. The van der Waals surface area contributed by atoms with Crippen molar-refractivity contribution in [3.63, 3.8) is 0 Å². The van der Waals surface area contributed by atoms with Crippen molar-refractivity contribution in [1.29, 1.82) is 0 Å². The Morgan fingerprint density at radius 1 is 1.09 bits per heavy atom. The first-order chi connectivity index (χ1) is 10.7. The Labute approximate surface area is 155 Å². The van der Waals surface area contributed by atoms with Gasteiger partial charge in [0.05, 0.1) is 20.8 Å². The van der Waals surface area contributed by atoms with Crippen LogP contribution < -0.4 is 25.3 Å². The van der Waals surface area contributed by atoms with Crippen LogP contribution in [-0.2, 0) is 0 Å². The minimum Gasteiger partial charge on any atom is -0.496 e. The summed E-state index contributed by atoms with van der Waals surface area (Å²) in [5.41, 5.74) is 5.75. The summed E-state index contributed by atoms with van der Waals surface area (Å²) in [5.74, 6) is 2.62. The van der Waals surface area contributed by atoms with Gasteiger partial charge < -0.3 is 25.3 Å². The van der Waals surface area contributed by atoms with Gasteiger partial charge in [0.15, 0.2) is 5.96 Å². The van der Waals surface area contributed by atoms with E-state index >= 15 is 0 Å². The zero-order valence-corrected chi connectivity index (χ0v) is 16.5. The van der Waals surface area contributed by atoms with Crippen molar-refractivity contribution in [2.24, 2.45) is 10.7 Å². The number of aliphatic imine (C=N–C) groups is 1. The second kappa shape index (κ2) is 13.1. The third kappa shape index (κ3) is 9.37. The lowest BCUT2D eigenvalue weighted by atomic mass is 10.3. The number of nitrogens with two attached hydrogens (primary N) is 1. The van der Waals surface area contributed by atoms with Crippen LogP contribution in [0.1, 0.15) is 26.2 Å². The Hall–Kier alpha value is -1.38. The molecule has 0 radical (unpaired) electrons. The molecule has 7 heteroatoms. The number of nitrogens with one attached hydrogen (secondary N) is 1. The monoisotopic (exact) mass is 437 g/mol. The summed E-state index contributed by atoms with van der Waals surface area (Å²) in [4.78, 5) is 4.25. The summed E-state index contributed by atoms with van der Waals surface area (Å²) in [6.07, 6.45) is 3.02. The molecule has 0 saturated heterocycles. The molecular formula is C16H28IN3O3. The Balaban J connectivity index is 0.00000484. The van der Waals surface area contributed by atoms with Crippen LogP contribution in [0.25, 0.3) is 0 Å². The van der Waals surface area contributed by atoms with Gasteiger partial charge in [0.1, 0.15) is 17.2 Å². The highest BCUT2D eigenvalue weighted by atomic mass is 127. The first kappa shape index (κ1) is 21.6. The zero-order valence-electron chi connectivity index (χ0n) is 14.1. The smallest absolute Gasteiger partial charge is 0.188 e. The molecule has 0 unspecified atom stereocenters. The van der Waals surface area contributed by atoms with Crippen LogP contribution in [0.3, 0.4) is 0 Å². The van der Waals surface area contributed by atoms with Gasteiger partial charge in [-0.1, -0.05) is 13.3 Å². The fraction of sp³-hybridized carbons (Fsp3) is 0.562. The average Bonchev–Trinajstić information content (AvgIpc) is 2.54. The molecule has 1 aromatic rings. The Morgan fingerprint density at radius 3 is 2.26 bits per heavy atom. The number of unbranched alkanes of at least 4 members (excludes halogenated alkanes) is 1. The second-order valence-corrected chi connectivity index (χ2v) is 4.80. The van der Waals surface area contributed by atoms with Gasteiger partial charge in [-0.05, 0) is 6.42 Å². The molecule has 0 amide bonds. The van der Waals surface area contributed by atoms with E-state index in [0.717, 1.165) is 25.8 Å². The minimum atomic E-state index is 0. The molecule has 3 N–H and O–H groups in total. The summed E-state index contributed by atoms with van der Waals surface area (Å²) in [6, 6.07) is 5.46. The lowest BCUT2D eigenvalue weighted by Crippen LogP contribution is -2.32. The maximum absolute atomic E-state index is 5.75. The number of hydrogen-bond donors (Lipinski definition) is 2. The lowest BCUT2D eigenvalue weighted by molar-refractivity contribution is 0.307. The van der Waals surface area contributed by atoms with Gasteiger partial charge in [-0.15, -0.1) is 24.0 Å². The largest absolute Gasteiger partial charge is 0.496 e. The number of benzene rings is 1. The van der Waals surface area contributed by atoms with Crippen LogP contribution in [0.5, 0.6) is 17.2 Å². The fourth-order valence-corrected chi connectivity index (χ4v) is 1.77. The van der Waals surface area contributed by atoms with E-state index in [4.69, 9.17) is 19.9 Å². The number of guanidine groups is 1. The van der Waals surface area contributed by atoms with Gasteiger partial charge in [0, 0.05) is 37.7 Å². The standard InChI is InChI=1S/C16H27N3O3.HI/c1-4-5-7-18-16(17)19-8-6-9-22-15-11-13(20-2)10-14(12-15)21-3;/h10-12H,4-9H2,1-3H3,(H3,17,18,19);1H. The van der Waals surface area contributed by atoms with Crippen molar-refractivity contribution in [3.05, 3.63) is 18.2 Å². The molecule has 0 atom stereocenters. The van der Waals surface area contributed by atoms with Crippen LogP contribution >= 0.6 is 24.0 Å². The van der Waals surface area contributed by atoms with Crippen molar-refractivity contribution in [1.82, 2.24) is 5.32 Å². The fourth-order valence-electron chi connectivity index (χ4n) is 1.77. The predicted octanol–water partition coefficient (Wildman–Crippen LogP) is 2.80. The minimum absolute atomic E-state index is 0. The first-order valence-electron chi connectivity index (χ1n) is 7.59. The summed E-state index contributed by atoms with van der Waals surface area (Å²) in [7, 11) is 3.23. The normalized spacial score (nSPS) is 10.7. The lowest BCUT2D eigenvalue weighted by Gasteiger charge is -2.10. The number of hydrogen-bond acceptors (Lipinski definition) is 4. The van der Waals surface area contributed by atoms with Crippen LogP contribution in [0.2, 0.25) is 0 Å². The molecule has 132 valence electrons. The van der Waals surface area contributed by atoms with Gasteiger partial charge in [0.2, 0.25) is 0 Å². The molecule has 0 aromatic heterocycles. The van der Waals surface area contributed by atoms with Gasteiger partial charge in [-0.2, -0.15) is 0 Å². The highest BCUT2D eigenvalue weighted by molar-refractivity contribution is 14.0. The van der Waals surface area contributed by atoms with E-state index in [1.54, 1.807) is 20.3 Å². The third-order valence-electron chi connectivity index (χ3n) is 3.01. The highest BCUT2D eigenvalue weighted by Gasteiger charge is 2.02. The van der Waals surface area contributed by atoms with Gasteiger partial charge in [-0.25, -0.2) is 0 Å². The van der Waals surface area contributed by atoms with Crippen molar-refractivity contribution in [3.8, 4) is 17.2 Å². The van der Waals surface area contributed by atoms with E-state index in [9.17, 15) is 0 Å². The summed E-state index contributed by atoms with van der Waals surface area (Å²) in [6.45, 7) is 4.19. The van der Waals surface area contributed by atoms with Gasteiger partial charge >= 0.3 is 0 Å². The Bertz CT molecular complexity index is 448. The zero-order chi connectivity index (χ0) is 16.2. The number of ether oxygens (including phenoxy) is 3. The van der Waals surface area contributed by atoms with E-state index in [-0.39, 0.29) is 24.0 Å². The van der Waals surface area contributed by atoms with Crippen LogP contribution in [0.15, 0.2) is 23.2 Å². The highest BCUT2D eigenvalue weighted by Crippen LogP contribution is 2.27. The molecule has 0 bridgehead atoms. The van der Waals surface area contributed by atoms with Crippen LogP contribution in [-0.4, -0.2) is 39.9 Å². The van der Waals surface area contributed by atoms with Gasteiger partial charge in [-0.3, -0.25) is 4.99 Å². The Morgan fingerprint density at radius 2 is 1.70 bits per heavy atom. The van der Waals surface area contributed by atoms with Crippen LogP contribution in [0, 0.1) is 0 Å². The van der Waals surface area contributed by atoms with E-state index < -0.39 is 0 Å². The average molecular weight is 437 g/mol. The van der Waals surface area contributed by atoms with Gasteiger partial charge in [0.25, 0.3) is 0 Å². The predicted molar refractivity (Wildman–Crippen MR) is 104 cm³/mol. The quantitative estimate of drug-likeness (QED) is 0.255.